The molecule has 17 heavy (non-hydrogen) atoms. The number of hydrogen-bond donors (Lipinski definition) is 1. The van der Waals surface area contributed by atoms with E-state index in [-0.39, 0.29) is 5.91 Å². The molecule has 1 amide bonds. The van der Waals surface area contributed by atoms with Crippen molar-refractivity contribution < 1.29 is 4.79 Å². The molecule has 0 aliphatic carbocycles. The summed E-state index contributed by atoms with van der Waals surface area (Å²) in [5.41, 5.74) is 1.20. The fourth-order valence-corrected chi connectivity index (χ4v) is 1.61. The summed E-state index contributed by atoms with van der Waals surface area (Å²) in [4.78, 5) is 15.8. The molecule has 0 unspecified atom stereocenters. The highest BCUT2D eigenvalue weighted by Crippen LogP contribution is 2.13. The van der Waals surface area contributed by atoms with Crippen molar-refractivity contribution >= 4 is 39.1 Å². The van der Waals surface area contributed by atoms with Gasteiger partial charge in [0, 0.05) is 10.6 Å². The molecule has 1 aromatic carbocycles. The minimum Gasteiger partial charge on any atom is -0.321 e. The van der Waals surface area contributed by atoms with Crippen LogP contribution in [0, 0.1) is 0 Å². The maximum absolute atomic E-state index is 11.8. The Morgan fingerprint density at radius 2 is 1.88 bits per heavy atom. The van der Waals surface area contributed by atoms with Gasteiger partial charge in [0.1, 0.15) is 4.60 Å². The Hall–Kier alpha value is -1.39. The first kappa shape index (κ1) is 12.1. The number of pyridine rings is 1. The average molecular weight is 312 g/mol. The highest BCUT2D eigenvalue weighted by Gasteiger charge is 2.05. The van der Waals surface area contributed by atoms with Crippen LogP contribution in [-0.2, 0) is 0 Å². The molecule has 3 nitrogen and oxygen atoms in total. The molecular weight excluding hydrogens is 304 g/mol. The number of nitrogens with one attached hydrogen (secondary N) is 1. The highest BCUT2D eigenvalue weighted by molar-refractivity contribution is 9.10. The van der Waals surface area contributed by atoms with Gasteiger partial charge in [0.25, 0.3) is 5.91 Å². The smallest absolute Gasteiger partial charge is 0.255 e. The van der Waals surface area contributed by atoms with Crippen molar-refractivity contribution in [3.8, 4) is 0 Å². The summed E-state index contributed by atoms with van der Waals surface area (Å²) >= 11 is 8.97. The molecule has 2 aromatic rings. The van der Waals surface area contributed by atoms with Crippen molar-refractivity contribution in [3.63, 3.8) is 0 Å². The number of carbonyl (C=O) groups is 1. The molecule has 0 atom stereocenters. The molecule has 0 saturated heterocycles. The molecule has 0 saturated carbocycles. The third-order valence-corrected chi connectivity index (χ3v) is 2.81. The van der Waals surface area contributed by atoms with Crippen LogP contribution in [-0.4, -0.2) is 10.9 Å². The SMILES string of the molecule is O=C(Nc1ccc(Br)nc1)c1ccc(Cl)cc1. The number of rotatable bonds is 2. The quantitative estimate of drug-likeness (QED) is 0.858. The van der Waals surface area contributed by atoms with E-state index in [0.29, 0.717) is 16.3 Å². The molecular formula is C12H8BrClN2O. The molecule has 0 bridgehead atoms. The lowest BCUT2D eigenvalue weighted by Gasteiger charge is -2.04. The summed E-state index contributed by atoms with van der Waals surface area (Å²) in [7, 11) is 0. The maximum atomic E-state index is 11.8. The Kier molecular flexibility index (Phi) is 3.76. The summed E-state index contributed by atoms with van der Waals surface area (Å²) in [6.45, 7) is 0. The van der Waals surface area contributed by atoms with Gasteiger partial charge in [-0.3, -0.25) is 4.79 Å². The third-order valence-electron chi connectivity index (χ3n) is 2.09. The van der Waals surface area contributed by atoms with E-state index < -0.39 is 0 Å². The van der Waals surface area contributed by atoms with Crippen LogP contribution in [0.3, 0.4) is 0 Å². The summed E-state index contributed by atoms with van der Waals surface area (Å²) < 4.78 is 0.724. The highest BCUT2D eigenvalue weighted by atomic mass is 79.9. The predicted octanol–water partition coefficient (Wildman–Crippen LogP) is 3.75. The van der Waals surface area contributed by atoms with Gasteiger partial charge >= 0.3 is 0 Å². The fourth-order valence-electron chi connectivity index (χ4n) is 1.25. The molecule has 1 aromatic heterocycles. The van der Waals surface area contributed by atoms with Crippen LogP contribution in [0.4, 0.5) is 5.69 Å². The van der Waals surface area contributed by atoms with Crippen molar-refractivity contribution in [1.82, 2.24) is 4.98 Å². The number of benzene rings is 1. The molecule has 1 N–H and O–H groups in total. The number of amides is 1. The van der Waals surface area contributed by atoms with Crippen LogP contribution < -0.4 is 5.32 Å². The van der Waals surface area contributed by atoms with Gasteiger partial charge in [0.2, 0.25) is 0 Å². The minimum atomic E-state index is -0.189. The summed E-state index contributed by atoms with van der Waals surface area (Å²) in [6, 6.07) is 10.2. The molecule has 2 rings (SSSR count). The van der Waals surface area contributed by atoms with Crippen LogP contribution in [0.15, 0.2) is 47.2 Å². The topological polar surface area (TPSA) is 42.0 Å². The van der Waals surface area contributed by atoms with Gasteiger partial charge in [-0.05, 0) is 52.3 Å². The Bertz CT molecular complexity index is 525. The van der Waals surface area contributed by atoms with Gasteiger partial charge in [-0.15, -0.1) is 0 Å². The lowest BCUT2D eigenvalue weighted by molar-refractivity contribution is 0.102. The van der Waals surface area contributed by atoms with Crippen LogP contribution >= 0.6 is 27.5 Å². The number of aromatic nitrogens is 1. The minimum absolute atomic E-state index is 0.189. The first-order valence-electron chi connectivity index (χ1n) is 4.83. The molecule has 0 spiro atoms. The van der Waals surface area contributed by atoms with E-state index in [1.807, 2.05) is 0 Å². The second kappa shape index (κ2) is 5.29. The van der Waals surface area contributed by atoms with Gasteiger partial charge in [-0.2, -0.15) is 0 Å². The van der Waals surface area contributed by atoms with Crippen molar-refractivity contribution in [2.45, 2.75) is 0 Å². The maximum Gasteiger partial charge on any atom is 0.255 e. The lowest BCUT2D eigenvalue weighted by Crippen LogP contribution is -2.11. The number of hydrogen-bond acceptors (Lipinski definition) is 2. The Labute approximate surface area is 112 Å². The van der Waals surface area contributed by atoms with E-state index in [1.54, 1.807) is 42.6 Å². The number of carbonyl (C=O) groups excluding carboxylic acids is 1. The summed E-state index contributed by atoms with van der Waals surface area (Å²) in [6.07, 6.45) is 1.58. The third kappa shape index (κ3) is 3.28. The molecule has 0 aliphatic rings. The summed E-state index contributed by atoms with van der Waals surface area (Å²) in [5.74, 6) is -0.189. The van der Waals surface area contributed by atoms with E-state index >= 15 is 0 Å². The van der Waals surface area contributed by atoms with Crippen LogP contribution in [0.2, 0.25) is 5.02 Å². The first-order chi connectivity index (χ1) is 8.15. The standard InChI is InChI=1S/C12H8BrClN2O/c13-11-6-5-10(7-15-11)16-12(17)8-1-3-9(14)4-2-8/h1-7H,(H,16,17). The molecule has 1 heterocycles. The molecule has 86 valence electrons. The van der Waals surface area contributed by atoms with E-state index in [1.165, 1.54) is 0 Å². The van der Waals surface area contributed by atoms with E-state index in [4.69, 9.17) is 11.6 Å². The second-order valence-corrected chi connectivity index (χ2v) is 4.58. The fraction of sp³-hybridized carbons (Fsp3) is 0. The van der Waals surface area contributed by atoms with Crippen molar-refractivity contribution in [3.05, 3.63) is 57.8 Å². The average Bonchev–Trinajstić information content (AvgIpc) is 2.33. The van der Waals surface area contributed by atoms with Gasteiger partial charge in [0.05, 0.1) is 11.9 Å². The number of nitrogens with zero attached hydrogens (tertiary/aromatic N) is 1. The molecule has 5 heteroatoms. The zero-order valence-electron chi connectivity index (χ0n) is 8.65. The second-order valence-electron chi connectivity index (χ2n) is 3.33. The Balaban J connectivity index is 2.11. The Morgan fingerprint density at radius 3 is 2.47 bits per heavy atom. The van der Waals surface area contributed by atoms with E-state index in [9.17, 15) is 4.79 Å². The summed E-state index contributed by atoms with van der Waals surface area (Å²) in [5, 5.41) is 3.34. The normalized spacial score (nSPS) is 10.0. The van der Waals surface area contributed by atoms with Crippen molar-refractivity contribution in [2.75, 3.05) is 5.32 Å². The van der Waals surface area contributed by atoms with Gasteiger partial charge < -0.3 is 5.32 Å². The molecule has 0 fully saturated rings. The van der Waals surface area contributed by atoms with Gasteiger partial charge in [-0.25, -0.2) is 4.98 Å². The van der Waals surface area contributed by atoms with Gasteiger partial charge in [0.15, 0.2) is 0 Å². The van der Waals surface area contributed by atoms with Crippen molar-refractivity contribution in [1.29, 1.82) is 0 Å². The van der Waals surface area contributed by atoms with Gasteiger partial charge in [-0.1, -0.05) is 11.6 Å². The van der Waals surface area contributed by atoms with E-state index in [2.05, 4.69) is 26.2 Å². The molecule has 0 aliphatic heterocycles. The monoisotopic (exact) mass is 310 g/mol. The Morgan fingerprint density at radius 1 is 1.18 bits per heavy atom. The molecule has 0 radical (unpaired) electrons. The number of halogens is 2. The van der Waals surface area contributed by atoms with Crippen LogP contribution in [0.1, 0.15) is 10.4 Å². The largest absolute Gasteiger partial charge is 0.321 e. The van der Waals surface area contributed by atoms with E-state index in [0.717, 1.165) is 4.60 Å². The first-order valence-corrected chi connectivity index (χ1v) is 6.01. The van der Waals surface area contributed by atoms with Crippen molar-refractivity contribution in [2.24, 2.45) is 0 Å². The number of anilines is 1. The predicted molar refractivity (Wildman–Crippen MR) is 71.3 cm³/mol. The zero-order chi connectivity index (χ0) is 12.3. The zero-order valence-corrected chi connectivity index (χ0v) is 11.0. The lowest BCUT2D eigenvalue weighted by atomic mass is 10.2. The van der Waals surface area contributed by atoms with Crippen LogP contribution in [0.5, 0.6) is 0 Å². The van der Waals surface area contributed by atoms with Crippen LogP contribution in [0.25, 0.3) is 0 Å².